The van der Waals surface area contributed by atoms with Crippen LogP contribution in [0.4, 0.5) is 0 Å². The average Bonchev–Trinajstić information content (AvgIpc) is 2.89. The summed E-state index contributed by atoms with van der Waals surface area (Å²) in [7, 11) is 0. The van der Waals surface area contributed by atoms with Crippen molar-refractivity contribution in [3.63, 3.8) is 0 Å². The fourth-order valence-electron chi connectivity index (χ4n) is 4.05. The fraction of sp³-hybridized carbons (Fsp3) is 0.435. The molecular formula is C23H28ClN3OS2. The van der Waals surface area contributed by atoms with Crippen LogP contribution in [0.15, 0.2) is 52.3 Å². The van der Waals surface area contributed by atoms with Gasteiger partial charge in [-0.05, 0) is 41.8 Å². The van der Waals surface area contributed by atoms with Gasteiger partial charge in [0.1, 0.15) is 0 Å². The quantitative estimate of drug-likeness (QED) is 0.665. The molecule has 7 heteroatoms. The SMILES string of the molecule is NC(=O)CCN1CCN(CCSC2Cc3cc(Cl)ccc3Sc3ccccc32)CC1. The summed E-state index contributed by atoms with van der Waals surface area (Å²) < 4.78 is 0. The molecule has 2 heterocycles. The maximum absolute atomic E-state index is 11.0. The van der Waals surface area contributed by atoms with Crippen LogP contribution in [0.3, 0.4) is 0 Å². The molecule has 2 aromatic carbocycles. The zero-order chi connectivity index (χ0) is 20.9. The molecule has 0 saturated carbocycles. The van der Waals surface area contributed by atoms with E-state index in [-0.39, 0.29) is 5.91 Å². The average molecular weight is 462 g/mol. The molecule has 2 aliphatic heterocycles. The van der Waals surface area contributed by atoms with Crippen molar-refractivity contribution in [2.24, 2.45) is 5.73 Å². The Bertz CT molecular complexity index is 887. The van der Waals surface area contributed by atoms with Gasteiger partial charge in [0, 0.05) is 71.5 Å². The molecule has 1 amide bonds. The number of piperazine rings is 1. The molecule has 0 aliphatic carbocycles. The molecule has 0 bridgehead atoms. The van der Waals surface area contributed by atoms with Gasteiger partial charge >= 0.3 is 0 Å². The molecule has 1 fully saturated rings. The molecule has 2 N–H and O–H groups in total. The van der Waals surface area contributed by atoms with Gasteiger partial charge in [0.05, 0.1) is 0 Å². The van der Waals surface area contributed by atoms with Gasteiger partial charge in [-0.3, -0.25) is 9.69 Å². The second-order valence-corrected chi connectivity index (χ2v) is 10.7. The molecule has 0 radical (unpaired) electrons. The van der Waals surface area contributed by atoms with Gasteiger partial charge in [-0.2, -0.15) is 11.8 Å². The number of benzene rings is 2. The molecule has 4 nitrogen and oxygen atoms in total. The smallest absolute Gasteiger partial charge is 0.218 e. The van der Waals surface area contributed by atoms with Gasteiger partial charge < -0.3 is 10.6 Å². The third-order valence-corrected chi connectivity index (χ3v) is 8.47. The Balaban J connectivity index is 1.33. The summed E-state index contributed by atoms with van der Waals surface area (Å²) >= 11 is 10.2. The van der Waals surface area contributed by atoms with E-state index in [1.54, 1.807) is 0 Å². The fourth-order valence-corrected chi connectivity index (χ4v) is 6.77. The third kappa shape index (κ3) is 5.74. The van der Waals surface area contributed by atoms with Crippen LogP contribution in [0, 0.1) is 0 Å². The lowest BCUT2D eigenvalue weighted by molar-refractivity contribution is -0.118. The second kappa shape index (κ2) is 10.4. The van der Waals surface area contributed by atoms with Crippen molar-refractivity contribution < 1.29 is 4.79 Å². The number of halogens is 1. The van der Waals surface area contributed by atoms with Gasteiger partial charge in [0.15, 0.2) is 0 Å². The standard InChI is InChI=1S/C23H28ClN3OS2/c24-18-5-6-20-17(15-18)16-22(19-3-1-2-4-21(19)30-20)29-14-13-27-11-9-26(10-12-27)8-7-23(25)28/h1-6,15,22H,7-14,16H2,(H2,25,28). The number of carbonyl (C=O) groups is 1. The number of hydrogen-bond acceptors (Lipinski definition) is 5. The molecule has 1 atom stereocenters. The van der Waals surface area contributed by atoms with Crippen LogP contribution >= 0.6 is 35.1 Å². The Morgan fingerprint density at radius 3 is 2.57 bits per heavy atom. The van der Waals surface area contributed by atoms with Crippen LogP contribution in [0.5, 0.6) is 0 Å². The first-order valence-corrected chi connectivity index (χ1v) is 12.7. The summed E-state index contributed by atoms with van der Waals surface area (Å²) in [5, 5.41) is 1.27. The minimum absolute atomic E-state index is 0.210. The summed E-state index contributed by atoms with van der Waals surface area (Å²) in [6, 6.07) is 15.1. The molecule has 1 unspecified atom stereocenters. The van der Waals surface area contributed by atoms with Gasteiger partial charge in [0.2, 0.25) is 5.91 Å². The number of thioether (sulfide) groups is 1. The van der Waals surface area contributed by atoms with Crippen LogP contribution in [0.25, 0.3) is 0 Å². The van der Waals surface area contributed by atoms with E-state index in [4.69, 9.17) is 17.3 Å². The van der Waals surface area contributed by atoms with Crippen molar-refractivity contribution in [1.29, 1.82) is 0 Å². The monoisotopic (exact) mass is 461 g/mol. The van der Waals surface area contributed by atoms with Gasteiger partial charge in [-0.1, -0.05) is 41.6 Å². The largest absolute Gasteiger partial charge is 0.370 e. The highest BCUT2D eigenvalue weighted by Gasteiger charge is 2.24. The zero-order valence-electron chi connectivity index (χ0n) is 17.1. The van der Waals surface area contributed by atoms with Crippen LogP contribution in [-0.2, 0) is 11.2 Å². The number of primary amides is 1. The zero-order valence-corrected chi connectivity index (χ0v) is 19.4. The first-order valence-electron chi connectivity index (χ1n) is 10.5. The molecule has 2 aromatic rings. The molecule has 2 aliphatic rings. The minimum Gasteiger partial charge on any atom is -0.370 e. The van der Waals surface area contributed by atoms with E-state index in [0.29, 0.717) is 11.7 Å². The Kier molecular flexibility index (Phi) is 7.65. The predicted molar refractivity (Wildman–Crippen MR) is 128 cm³/mol. The number of carbonyl (C=O) groups excluding carboxylic acids is 1. The lowest BCUT2D eigenvalue weighted by Crippen LogP contribution is -2.47. The van der Waals surface area contributed by atoms with E-state index in [0.717, 1.165) is 56.5 Å². The van der Waals surface area contributed by atoms with E-state index in [1.165, 1.54) is 20.9 Å². The Hall–Kier alpha value is -1.18. The maximum atomic E-state index is 11.0. The van der Waals surface area contributed by atoms with Crippen LogP contribution in [0.2, 0.25) is 5.02 Å². The summed E-state index contributed by atoms with van der Waals surface area (Å²) in [6.45, 7) is 6.06. The minimum atomic E-state index is -0.210. The number of nitrogens with two attached hydrogens (primary N) is 1. The molecule has 4 rings (SSSR count). The van der Waals surface area contributed by atoms with Gasteiger partial charge in [0.25, 0.3) is 0 Å². The lowest BCUT2D eigenvalue weighted by Gasteiger charge is -2.34. The summed E-state index contributed by atoms with van der Waals surface area (Å²) in [4.78, 5) is 18.5. The summed E-state index contributed by atoms with van der Waals surface area (Å²) in [6.07, 6.45) is 1.48. The number of rotatable bonds is 7. The Morgan fingerprint density at radius 1 is 1.07 bits per heavy atom. The summed E-state index contributed by atoms with van der Waals surface area (Å²) in [5.41, 5.74) is 8.06. The number of nitrogens with zero attached hydrogens (tertiary/aromatic N) is 2. The highest BCUT2D eigenvalue weighted by molar-refractivity contribution is 8.00. The maximum Gasteiger partial charge on any atom is 0.218 e. The van der Waals surface area contributed by atoms with E-state index in [9.17, 15) is 4.79 Å². The molecule has 0 aromatic heterocycles. The Labute approximate surface area is 192 Å². The molecule has 160 valence electrons. The normalized spacial score (nSPS) is 19.7. The number of hydrogen-bond donors (Lipinski definition) is 1. The number of fused-ring (bicyclic) bond motifs is 2. The first kappa shape index (κ1) is 22.0. The molecular weight excluding hydrogens is 434 g/mol. The Morgan fingerprint density at radius 2 is 1.80 bits per heavy atom. The van der Waals surface area contributed by atoms with Crippen molar-refractivity contribution in [3.8, 4) is 0 Å². The molecule has 0 spiro atoms. The van der Waals surface area contributed by atoms with Crippen LogP contribution in [0.1, 0.15) is 22.8 Å². The van der Waals surface area contributed by atoms with Crippen LogP contribution < -0.4 is 5.73 Å². The van der Waals surface area contributed by atoms with Gasteiger partial charge in [-0.25, -0.2) is 0 Å². The highest BCUT2D eigenvalue weighted by atomic mass is 35.5. The summed E-state index contributed by atoms with van der Waals surface area (Å²) in [5.74, 6) is 0.902. The van der Waals surface area contributed by atoms with Crippen molar-refractivity contribution >= 4 is 41.0 Å². The second-order valence-electron chi connectivity index (χ2n) is 7.86. The third-order valence-electron chi connectivity index (χ3n) is 5.78. The predicted octanol–water partition coefficient (Wildman–Crippen LogP) is 4.31. The van der Waals surface area contributed by atoms with E-state index in [1.807, 2.05) is 17.8 Å². The van der Waals surface area contributed by atoms with Gasteiger partial charge in [-0.15, -0.1) is 0 Å². The first-order chi connectivity index (χ1) is 14.6. The highest BCUT2D eigenvalue weighted by Crippen LogP contribution is 2.46. The van der Waals surface area contributed by atoms with E-state index >= 15 is 0 Å². The van der Waals surface area contributed by atoms with Crippen molar-refractivity contribution in [3.05, 3.63) is 58.6 Å². The van der Waals surface area contributed by atoms with Crippen LogP contribution in [-0.4, -0.2) is 60.7 Å². The number of amides is 1. The molecule has 1 saturated heterocycles. The lowest BCUT2D eigenvalue weighted by atomic mass is 10.0. The van der Waals surface area contributed by atoms with Crippen molar-refractivity contribution in [2.45, 2.75) is 27.9 Å². The van der Waals surface area contributed by atoms with Crippen molar-refractivity contribution in [2.75, 3.05) is 45.0 Å². The van der Waals surface area contributed by atoms with Crippen molar-refractivity contribution in [1.82, 2.24) is 9.80 Å². The van der Waals surface area contributed by atoms with E-state index < -0.39 is 0 Å². The molecule has 30 heavy (non-hydrogen) atoms. The topological polar surface area (TPSA) is 49.6 Å². The van der Waals surface area contributed by atoms with E-state index in [2.05, 4.69) is 58.0 Å².